The quantitative estimate of drug-likeness (QED) is 0.919. The molecule has 0 aliphatic heterocycles. The van der Waals surface area contributed by atoms with Crippen LogP contribution in [0.15, 0.2) is 18.6 Å². The van der Waals surface area contributed by atoms with Gasteiger partial charge in [0.1, 0.15) is 12.0 Å². The molecule has 1 aliphatic carbocycles. The molecule has 0 radical (unpaired) electrons. The molecule has 0 saturated heterocycles. The molecule has 22 heavy (non-hydrogen) atoms. The third kappa shape index (κ3) is 2.99. The van der Waals surface area contributed by atoms with Crippen molar-refractivity contribution in [2.45, 2.75) is 32.7 Å². The van der Waals surface area contributed by atoms with E-state index in [1.54, 1.807) is 6.33 Å². The zero-order valence-corrected chi connectivity index (χ0v) is 13.5. The largest absolute Gasteiger partial charge is 0.333 e. The number of hydrogen-bond acceptors (Lipinski definition) is 5. The molecule has 3 atom stereocenters. The second-order valence-electron chi connectivity index (χ2n) is 6.06. The van der Waals surface area contributed by atoms with Crippen LogP contribution in [0.25, 0.3) is 11.0 Å². The van der Waals surface area contributed by atoms with E-state index in [9.17, 15) is 8.42 Å². The van der Waals surface area contributed by atoms with Crippen molar-refractivity contribution in [3.05, 3.63) is 24.3 Å². The molecule has 3 rings (SSSR count). The summed E-state index contributed by atoms with van der Waals surface area (Å²) < 4.78 is 28.8. The molecule has 1 aliphatic rings. The lowest BCUT2D eigenvalue weighted by atomic mass is 10.00. The van der Waals surface area contributed by atoms with Crippen molar-refractivity contribution in [1.82, 2.24) is 14.5 Å². The van der Waals surface area contributed by atoms with Crippen molar-refractivity contribution < 1.29 is 12.6 Å². The molecule has 8 heteroatoms. The number of nitrogens with zero attached hydrogens (tertiary/aromatic N) is 3. The second kappa shape index (κ2) is 5.60. The molecule has 0 unspecified atom stereocenters. The fourth-order valence-corrected chi connectivity index (χ4v) is 3.70. The zero-order valence-electron chi connectivity index (χ0n) is 12.6. The van der Waals surface area contributed by atoms with Gasteiger partial charge in [-0.15, -0.1) is 0 Å². The Hall–Kier alpha value is -1.51. The third-order valence-electron chi connectivity index (χ3n) is 4.57. The van der Waals surface area contributed by atoms with Gasteiger partial charge in [-0.2, -0.15) is 8.42 Å². The summed E-state index contributed by atoms with van der Waals surface area (Å²) in [5.41, 5.74) is 1.89. The van der Waals surface area contributed by atoms with Gasteiger partial charge < -0.3 is 4.57 Å². The molecule has 2 aromatic heterocycles. The minimum atomic E-state index is -3.87. The van der Waals surface area contributed by atoms with Gasteiger partial charge in [-0.1, -0.05) is 6.92 Å². The maximum absolute atomic E-state index is 11.0. The molecule has 7 nitrogen and oxygen atoms in total. The summed E-state index contributed by atoms with van der Waals surface area (Å²) >= 11 is 0. The molecule has 2 heterocycles. The summed E-state index contributed by atoms with van der Waals surface area (Å²) in [6.07, 6.45) is 5.43. The summed E-state index contributed by atoms with van der Waals surface area (Å²) in [7, 11) is -3.87. The van der Waals surface area contributed by atoms with Crippen LogP contribution in [-0.2, 0) is 14.5 Å². The summed E-state index contributed by atoms with van der Waals surface area (Å²) in [5.74, 6) is 0.538. The molecular weight excluding hydrogens is 304 g/mol. The van der Waals surface area contributed by atoms with Crippen molar-refractivity contribution in [1.29, 1.82) is 0 Å². The predicted molar refractivity (Wildman–Crippen MR) is 82.2 cm³/mol. The Morgan fingerprint density at radius 3 is 2.91 bits per heavy atom. The Kier molecular flexibility index (Phi) is 3.92. The van der Waals surface area contributed by atoms with Crippen LogP contribution in [-0.4, -0.2) is 29.6 Å². The summed E-state index contributed by atoms with van der Waals surface area (Å²) in [6, 6.07) is 2.32. The first-order valence-corrected chi connectivity index (χ1v) is 8.77. The summed E-state index contributed by atoms with van der Waals surface area (Å²) in [5, 5.41) is 5.96. The smallest absolute Gasteiger partial charge is 0.329 e. The molecule has 0 spiro atoms. The molecule has 1 saturated carbocycles. The van der Waals surface area contributed by atoms with Crippen molar-refractivity contribution >= 4 is 21.3 Å². The van der Waals surface area contributed by atoms with Crippen LogP contribution in [0.5, 0.6) is 0 Å². The molecule has 120 valence electrons. The van der Waals surface area contributed by atoms with Crippen molar-refractivity contribution in [3.63, 3.8) is 0 Å². The monoisotopic (exact) mass is 324 g/mol. The van der Waals surface area contributed by atoms with Gasteiger partial charge in [0, 0.05) is 17.6 Å². The fourth-order valence-electron chi connectivity index (χ4n) is 3.33. The molecule has 0 amide bonds. The highest BCUT2D eigenvalue weighted by Crippen LogP contribution is 2.40. The maximum Gasteiger partial charge on any atom is 0.333 e. The molecular formula is C14H20N4O3S. The average Bonchev–Trinajstić information content (AvgIpc) is 3.00. The Morgan fingerprint density at radius 1 is 1.41 bits per heavy atom. The van der Waals surface area contributed by atoms with E-state index in [4.69, 9.17) is 9.32 Å². The van der Waals surface area contributed by atoms with Crippen LogP contribution >= 0.6 is 0 Å². The van der Waals surface area contributed by atoms with E-state index in [0.29, 0.717) is 5.92 Å². The van der Waals surface area contributed by atoms with Crippen molar-refractivity contribution in [3.8, 4) is 0 Å². The van der Waals surface area contributed by atoms with Gasteiger partial charge in [-0.25, -0.2) is 15.1 Å². The predicted octanol–water partition coefficient (Wildman–Crippen LogP) is 1.55. The van der Waals surface area contributed by atoms with Crippen molar-refractivity contribution in [2.75, 3.05) is 6.61 Å². The van der Waals surface area contributed by atoms with Gasteiger partial charge in [0.15, 0.2) is 0 Å². The van der Waals surface area contributed by atoms with Crippen LogP contribution in [0.3, 0.4) is 0 Å². The molecule has 1 fully saturated rings. The molecule has 2 N–H and O–H groups in total. The van der Waals surface area contributed by atoms with Crippen molar-refractivity contribution in [2.24, 2.45) is 17.0 Å². The highest BCUT2D eigenvalue weighted by Gasteiger charge is 2.33. The average molecular weight is 324 g/mol. The van der Waals surface area contributed by atoms with Gasteiger partial charge in [0.2, 0.25) is 0 Å². The van der Waals surface area contributed by atoms with E-state index >= 15 is 0 Å². The first-order valence-electron chi connectivity index (χ1n) is 7.30. The summed E-state index contributed by atoms with van der Waals surface area (Å²) in [4.78, 5) is 8.60. The fraction of sp³-hybridized carbons (Fsp3) is 0.571. The Bertz CT molecular complexity index is 786. The van der Waals surface area contributed by atoms with E-state index in [0.717, 1.165) is 29.6 Å². The molecule has 0 bridgehead atoms. The van der Waals surface area contributed by atoms with E-state index in [1.165, 1.54) is 0 Å². The van der Waals surface area contributed by atoms with Gasteiger partial charge in [0.05, 0.1) is 12.3 Å². The number of aryl methyl sites for hydroxylation is 1. The SMILES string of the molecule is Cc1ncnc2c1ccn2[C@@H]1C[C@@H](COS(N)(=O)=O)[C@@H](C)C1. The number of hydrogen-bond donors (Lipinski definition) is 1. The zero-order chi connectivity index (χ0) is 15.9. The van der Waals surface area contributed by atoms with E-state index in [-0.39, 0.29) is 18.6 Å². The topological polar surface area (TPSA) is 100 Å². The van der Waals surface area contributed by atoms with E-state index < -0.39 is 10.3 Å². The minimum Gasteiger partial charge on any atom is -0.329 e. The molecule has 2 aromatic rings. The molecule has 0 aromatic carbocycles. The lowest BCUT2D eigenvalue weighted by molar-refractivity contribution is 0.226. The lowest BCUT2D eigenvalue weighted by Crippen LogP contribution is -2.21. The van der Waals surface area contributed by atoms with Crippen LogP contribution in [0.1, 0.15) is 31.5 Å². The number of aromatic nitrogens is 3. The lowest BCUT2D eigenvalue weighted by Gasteiger charge is -2.14. The number of fused-ring (bicyclic) bond motifs is 1. The number of rotatable bonds is 4. The maximum atomic E-state index is 11.0. The highest BCUT2D eigenvalue weighted by molar-refractivity contribution is 7.84. The minimum absolute atomic E-state index is 0.143. The Balaban J connectivity index is 1.80. The highest BCUT2D eigenvalue weighted by atomic mass is 32.2. The van der Waals surface area contributed by atoms with Gasteiger partial charge >= 0.3 is 10.3 Å². The standard InChI is InChI=1S/C14H20N4O3S/c1-9-5-12(6-11(9)7-21-22(15,19)20)18-4-3-13-10(2)16-8-17-14(13)18/h3-4,8-9,11-12H,5-7H2,1-2H3,(H2,15,19,20)/t9-,11-,12-/m0/s1. The van der Waals surface area contributed by atoms with Crippen LogP contribution < -0.4 is 5.14 Å². The summed E-state index contributed by atoms with van der Waals surface area (Å²) in [6.45, 7) is 4.22. The first-order chi connectivity index (χ1) is 10.3. The van der Waals surface area contributed by atoms with E-state index in [2.05, 4.69) is 21.5 Å². The number of nitrogens with two attached hydrogens (primary N) is 1. The second-order valence-corrected chi connectivity index (χ2v) is 7.28. The van der Waals surface area contributed by atoms with Crippen LogP contribution in [0.2, 0.25) is 0 Å². The normalized spacial score (nSPS) is 25.9. The first kappa shape index (κ1) is 15.4. The Labute approximate surface area is 129 Å². The van der Waals surface area contributed by atoms with Gasteiger partial charge in [0.25, 0.3) is 0 Å². The van der Waals surface area contributed by atoms with Gasteiger partial charge in [-0.05, 0) is 37.7 Å². The van der Waals surface area contributed by atoms with Crippen LogP contribution in [0.4, 0.5) is 0 Å². The third-order valence-corrected chi connectivity index (χ3v) is 5.04. The van der Waals surface area contributed by atoms with Crippen LogP contribution in [0, 0.1) is 18.8 Å². The van der Waals surface area contributed by atoms with E-state index in [1.807, 2.05) is 19.2 Å². The Morgan fingerprint density at radius 2 is 2.18 bits per heavy atom. The van der Waals surface area contributed by atoms with Gasteiger partial charge in [-0.3, -0.25) is 4.18 Å².